The molecule has 0 saturated heterocycles. The minimum Gasteiger partial charge on any atom is -0.378 e. The number of hydrogen-bond donors (Lipinski definition) is 0. The Labute approximate surface area is 134 Å². The second kappa shape index (κ2) is 6.84. The molecule has 0 N–H and O–H groups in total. The first kappa shape index (κ1) is 16.4. The molecule has 3 nitrogen and oxygen atoms in total. The third-order valence-electron chi connectivity index (χ3n) is 3.97. The van der Waals surface area contributed by atoms with Crippen LogP contribution in [0.5, 0.6) is 0 Å². The molecule has 118 valence electrons. The van der Waals surface area contributed by atoms with Gasteiger partial charge in [-0.25, -0.2) is 0 Å². The summed E-state index contributed by atoms with van der Waals surface area (Å²) in [5.74, 6) is 0. The van der Waals surface area contributed by atoms with Gasteiger partial charge in [-0.2, -0.15) is 0 Å². The Morgan fingerprint density at radius 3 is 1.09 bits per heavy atom. The minimum atomic E-state index is 0.271. The van der Waals surface area contributed by atoms with Gasteiger partial charge in [0.2, 0.25) is 0 Å². The Kier molecular flexibility index (Phi) is 5.09. The smallest absolute Gasteiger partial charge is 0.0596 e. The van der Waals surface area contributed by atoms with Crippen molar-refractivity contribution < 1.29 is 0 Å². The van der Waals surface area contributed by atoms with Crippen LogP contribution < -0.4 is 9.80 Å². The van der Waals surface area contributed by atoms with E-state index in [0.29, 0.717) is 0 Å². The standard InChI is InChI=1S/C19H27N3/c1-20(2)17-11-7-15(8-12-17)19(22(5)6)16-9-13-18(14-10-16)21(3)4/h7-14,19H,1-6H3. The number of anilines is 2. The van der Waals surface area contributed by atoms with E-state index in [4.69, 9.17) is 0 Å². The van der Waals surface area contributed by atoms with Crippen LogP contribution in [-0.2, 0) is 0 Å². The molecule has 0 saturated carbocycles. The first-order valence-corrected chi connectivity index (χ1v) is 7.61. The van der Waals surface area contributed by atoms with Crippen molar-refractivity contribution >= 4 is 11.4 Å². The van der Waals surface area contributed by atoms with Gasteiger partial charge in [-0.05, 0) is 49.5 Å². The monoisotopic (exact) mass is 297 g/mol. The van der Waals surface area contributed by atoms with Crippen LogP contribution in [0.25, 0.3) is 0 Å². The molecule has 0 aliphatic rings. The molecule has 2 aromatic carbocycles. The van der Waals surface area contributed by atoms with Gasteiger partial charge in [-0.1, -0.05) is 24.3 Å². The highest BCUT2D eigenvalue weighted by molar-refractivity contribution is 5.50. The molecule has 0 spiro atoms. The Hall–Kier alpha value is -2.00. The molecular formula is C19H27N3. The lowest BCUT2D eigenvalue weighted by Crippen LogP contribution is -2.21. The molecule has 0 atom stereocenters. The molecule has 3 heteroatoms. The van der Waals surface area contributed by atoms with Crippen molar-refractivity contribution in [3.63, 3.8) is 0 Å². The zero-order valence-electron chi connectivity index (χ0n) is 14.5. The van der Waals surface area contributed by atoms with Crippen LogP contribution in [0.15, 0.2) is 48.5 Å². The van der Waals surface area contributed by atoms with Gasteiger partial charge in [0.15, 0.2) is 0 Å². The largest absolute Gasteiger partial charge is 0.378 e. The minimum absolute atomic E-state index is 0.271. The highest BCUT2D eigenvalue weighted by atomic mass is 15.1. The molecule has 2 rings (SSSR count). The Balaban J connectivity index is 2.33. The summed E-state index contributed by atoms with van der Waals surface area (Å²) in [7, 11) is 12.5. The summed E-state index contributed by atoms with van der Waals surface area (Å²) in [5.41, 5.74) is 5.08. The molecule has 0 radical (unpaired) electrons. The fraction of sp³-hybridized carbons (Fsp3) is 0.368. The summed E-state index contributed by atoms with van der Waals surface area (Å²) in [6.45, 7) is 0. The van der Waals surface area contributed by atoms with Crippen molar-refractivity contribution in [3.8, 4) is 0 Å². The third-order valence-corrected chi connectivity index (χ3v) is 3.97. The van der Waals surface area contributed by atoms with Crippen LogP contribution in [0.1, 0.15) is 17.2 Å². The van der Waals surface area contributed by atoms with Gasteiger partial charge in [-0.3, -0.25) is 4.90 Å². The van der Waals surface area contributed by atoms with Crippen LogP contribution in [0.4, 0.5) is 11.4 Å². The predicted molar refractivity (Wildman–Crippen MR) is 97.1 cm³/mol. The van der Waals surface area contributed by atoms with Crippen molar-refractivity contribution in [2.45, 2.75) is 6.04 Å². The summed E-state index contributed by atoms with van der Waals surface area (Å²) in [4.78, 5) is 6.51. The van der Waals surface area contributed by atoms with Crippen molar-refractivity contribution in [1.29, 1.82) is 0 Å². The number of nitrogens with zero attached hydrogens (tertiary/aromatic N) is 3. The van der Waals surface area contributed by atoms with E-state index in [2.05, 4.69) is 106 Å². The Bertz CT molecular complexity index is 532. The first-order valence-electron chi connectivity index (χ1n) is 7.61. The van der Waals surface area contributed by atoms with Crippen molar-refractivity contribution in [3.05, 3.63) is 59.7 Å². The van der Waals surface area contributed by atoms with E-state index >= 15 is 0 Å². The van der Waals surface area contributed by atoms with E-state index in [1.807, 2.05) is 0 Å². The molecule has 0 amide bonds. The van der Waals surface area contributed by atoms with Gasteiger partial charge in [0, 0.05) is 39.6 Å². The molecule has 0 unspecified atom stereocenters. The van der Waals surface area contributed by atoms with E-state index < -0.39 is 0 Å². The maximum Gasteiger partial charge on any atom is 0.0596 e. The zero-order chi connectivity index (χ0) is 16.3. The topological polar surface area (TPSA) is 9.72 Å². The lowest BCUT2D eigenvalue weighted by Gasteiger charge is -2.26. The SMILES string of the molecule is CN(C)c1ccc(C(c2ccc(N(C)C)cc2)N(C)C)cc1. The lowest BCUT2D eigenvalue weighted by atomic mass is 9.97. The normalized spacial score (nSPS) is 11.1. The lowest BCUT2D eigenvalue weighted by molar-refractivity contribution is 0.342. The quantitative estimate of drug-likeness (QED) is 0.836. The maximum atomic E-state index is 2.26. The van der Waals surface area contributed by atoms with Crippen LogP contribution in [0.2, 0.25) is 0 Å². The zero-order valence-corrected chi connectivity index (χ0v) is 14.5. The van der Waals surface area contributed by atoms with E-state index in [-0.39, 0.29) is 6.04 Å². The van der Waals surface area contributed by atoms with Crippen LogP contribution in [-0.4, -0.2) is 47.2 Å². The van der Waals surface area contributed by atoms with Crippen molar-refractivity contribution in [1.82, 2.24) is 4.90 Å². The molecule has 0 aliphatic carbocycles. The van der Waals surface area contributed by atoms with Gasteiger partial charge < -0.3 is 9.80 Å². The second-order valence-corrected chi connectivity index (χ2v) is 6.34. The molecule has 0 fully saturated rings. The van der Waals surface area contributed by atoms with Crippen LogP contribution >= 0.6 is 0 Å². The van der Waals surface area contributed by atoms with E-state index in [1.54, 1.807) is 0 Å². The average molecular weight is 297 g/mol. The van der Waals surface area contributed by atoms with Gasteiger partial charge in [-0.15, -0.1) is 0 Å². The maximum absolute atomic E-state index is 2.26. The highest BCUT2D eigenvalue weighted by Gasteiger charge is 2.16. The van der Waals surface area contributed by atoms with Crippen LogP contribution in [0, 0.1) is 0 Å². The number of rotatable bonds is 5. The summed E-state index contributed by atoms with van der Waals surface area (Å²) in [6.07, 6.45) is 0. The molecule has 0 heterocycles. The van der Waals surface area contributed by atoms with Gasteiger partial charge >= 0.3 is 0 Å². The third kappa shape index (κ3) is 3.60. The van der Waals surface area contributed by atoms with Gasteiger partial charge in [0.05, 0.1) is 6.04 Å². The first-order chi connectivity index (χ1) is 10.4. The molecule has 2 aromatic rings. The molecular weight excluding hydrogens is 270 g/mol. The Morgan fingerprint density at radius 1 is 0.545 bits per heavy atom. The van der Waals surface area contributed by atoms with Gasteiger partial charge in [0.1, 0.15) is 0 Å². The summed E-state index contributed by atoms with van der Waals surface area (Å²) in [6, 6.07) is 17.9. The molecule has 0 bridgehead atoms. The fourth-order valence-corrected chi connectivity index (χ4v) is 2.70. The predicted octanol–water partition coefficient (Wildman–Crippen LogP) is 3.47. The van der Waals surface area contributed by atoms with E-state index in [1.165, 1.54) is 22.5 Å². The molecule has 22 heavy (non-hydrogen) atoms. The van der Waals surface area contributed by atoms with Crippen LogP contribution in [0.3, 0.4) is 0 Å². The molecule has 0 aromatic heterocycles. The highest BCUT2D eigenvalue weighted by Crippen LogP contribution is 2.29. The second-order valence-electron chi connectivity index (χ2n) is 6.34. The number of hydrogen-bond acceptors (Lipinski definition) is 3. The Morgan fingerprint density at radius 2 is 0.864 bits per heavy atom. The summed E-state index contributed by atoms with van der Waals surface area (Å²) < 4.78 is 0. The van der Waals surface area contributed by atoms with Crippen molar-refractivity contribution in [2.24, 2.45) is 0 Å². The van der Waals surface area contributed by atoms with E-state index in [0.717, 1.165) is 0 Å². The average Bonchev–Trinajstić information content (AvgIpc) is 2.48. The summed E-state index contributed by atoms with van der Waals surface area (Å²) in [5, 5.41) is 0. The fourth-order valence-electron chi connectivity index (χ4n) is 2.70. The van der Waals surface area contributed by atoms with E-state index in [9.17, 15) is 0 Å². The number of benzene rings is 2. The van der Waals surface area contributed by atoms with Gasteiger partial charge in [0.25, 0.3) is 0 Å². The summed E-state index contributed by atoms with van der Waals surface area (Å²) >= 11 is 0. The van der Waals surface area contributed by atoms with Crippen molar-refractivity contribution in [2.75, 3.05) is 52.1 Å². The molecule has 0 aliphatic heterocycles.